The maximum absolute atomic E-state index is 5.69. The molecule has 2 aromatic heterocycles. The molecule has 0 aromatic carbocycles. The van der Waals surface area contributed by atoms with E-state index in [1.54, 1.807) is 10.9 Å². The van der Waals surface area contributed by atoms with Crippen LogP contribution in [0, 0.1) is 6.92 Å². The van der Waals surface area contributed by atoms with Gasteiger partial charge in [0.15, 0.2) is 5.82 Å². The highest BCUT2D eigenvalue weighted by Crippen LogP contribution is 2.14. The smallest absolute Gasteiger partial charge is 0.224 e. The summed E-state index contributed by atoms with van der Waals surface area (Å²) in [4.78, 5) is 7.75. The van der Waals surface area contributed by atoms with Crippen molar-refractivity contribution >= 4 is 17.3 Å². The molecule has 0 radical (unpaired) electrons. The standard InChI is InChI=1S/C8H8ClN5/c1-5-2-12-14(4-5)7-6(10)3-11-8(9)13-7/h2-4H,10H2,1H3. The minimum Gasteiger partial charge on any atom is -0.394 e. The Kier molecular flexibility index (Phi) is 2.09. The van der Waals surface area contributed by atoms with Crippen LogP contribution >= 0.6 is 11.6 Å². The lowest BCUT2D eigenvalue weighted by Gasteiger charge is -2.03. The predicted octanol–water partition coefficient (Wildman–Crippen LogP) is 1.21. The van der Waals surface area contributed by atoms with Gasteiger partial charge >= 0.3 is 0 Å². The van der Waals surface area contributed by atoms with E-state index in [0.717, 1.165) is 5.56 Å². The van der Waals surface area contributed by atoms with Gasteiger partial charge in [0.1, 0.15) is 0 Å². The molecule has 0 bridgehead atoms. The maximum Gasteiger partial charge on any atom is 0.224 e. The summed E-state index contributed by atoms with van der Waals surface area (Å²) in [6.45, 7) is 1.93. The molecule has 0 aliphatic carbocycles. The van der Waals surface area contributed by atoms with E-state index >= 15 is 0 Å². The molecule has 6 heteroatoms. The lowest BCUT2D eigenvalue weighted by atomic mass is 10.4. The highest BCUT2D eigenvalue weighted by atomic mass is 35.5. The van der Waals surface area contributed by atoms with Crippen molar-refractivity contribution in [1.82, 2.24) is 19.7 Å². The van der Waals surface area contributed by atoms with Crippen LogP contribution in [0.4, 0.5) is 5.69 Å². The summed E-state index contributed by atoms with van der Waals surface area (Å²) in [6, 6.07) is 0. The predicted molar refractivity (Wildman–Crippen MR) is 53.3 cm³/mol. The van der Waals surface area contributed by atoms with Gasteiger partial charge in [0.2, 0.25) is 5.28 Å². The van der Waals surface area contributed by atoms with Crippen LogP contribution in [0.1, 0.15) is 5.56 Å². The van der Waals surface area contributed by atoms with Crippen molar-refractivity contribution in [3.8, 4) is 5.82 Å². The van der Waals surface area contributed by atoms with Crippen molar-refractivity contribution < 1.29 is 0 Å². The number of aromatic nitrogens is 4. The second-order valence-corrected chi connectivity index (χ2v) is 3.22. The summed E-state index contributed by atoms with van der Waals surface area (Å²) in [7, 11) is 0. The van der Waals surface area contributed by atoms with Gasteiger partial charge in [-0.2, -0.15) is 10.1 Å². The molecule has 2 rings (SSSR count). The number of hydrogen-bond acceptors (Lipinski definition) is 4. The molecule has 0 amide bonds. The van der Waals surface area contributed by atoms with Gasteiger partial charge in [-0.15, -0.1) is 0 Å². The molecule has 0 aliphatic rings. The first-order valence-electron chi connectivity index (χ1n) is 3.96. The molecule has 2 N–H and O–H groups in total. The number of halogens is 1. The van der Waals surface area contributed by atoms with Gasteiger partial charge in [-0.3, -0.25) is 0 Å². The van der Waals surface area contributed by atoms with Crippen molar-refractivity contribution in [2.75, 3.05) is 5.73 Å². The van der Waals surface area contributed by atoms with Crippen LogP contribution in [-0.4, -0.2) is 19.7 Å². The number of aryl methyl sites for hydroxylation is 1. The van der Waals surface area contributed by atoms with E-state index in [1.165, 1.54) is 6.20 Å². The Morgan fingerprint density at radius 3 is 2.86 bits per heavy atom. The molecule has 2 heterocycles. The monoisotopic (exact) mass is 209 g/mol. The van der Waals surface area contributed by atoms with Gasteiger partial charge in [-0.25, -0.2) is 9.67 Å². The van der Waals surface area contributed by atoms with E-state index in [9.17, 15) is 0 Å². The van der Waals surface area contributed by atoms with E-state index in [-0.39, 0.29) is 5.28 Å². The van der Waals surface area contributed by atoms with Crippen molar-refractivity contribution in [1.29, 1.82) is 0 Å². The number of nitrogen functional groups attached to an aromatic ring is 1. The zero-order chi connectivity index (χ0) is 10.1. The molecule has 0 saturated carbocycles. The van der Waals surface area contributed by atoms with Crippen molar-refractivity contribution in [2.45, 2.75) is 6.92 Å². The van der Waals surface area contributed by atoms with Crippen LogP contribution in [0.15, 0.2) is 18.6 Å². The van der Waals surface area contributed by atoms with E-state index in [0.29, 0.717) is 11.5 Å². The minimum atomic E-state index is 0.155. The van der Waals surface area contributed by atoms with Crippen LogP contribution < -0.4 is 5.73 Å². The molecule has 0 atom stereocenters. The van der Waals surface area contributed by atoms with Gasteiger partial charge in [-0.1, -0.05) is 0 Å². The number of rotatable bonds is 1. The number of anilines is 1. The first kappa shape index (κ1) is 8.96. The summed E-state index contributed by atoms with van der Waals surface area (Å²) in [5.74, 6) is 0.498. The molecule has 0 fully saturated rings. The minimum absolute atomic E-state index is 0.155. The van der Waals surface area contributed by atoms with E-state index in [4.69, 9.17) is 17.3 Å². The summed E-state index contributed by atoms with van der Waals surface area (Å²) < 4.78 is 1.57. The SMILES string of the molecule is Cc1cnn(-c2nc(Cl)ncc2N)c1. The summed E-state index contributed by atoms with van der Waals surface area (Å²) >= 11 is 5.65. The Bertz CT molecular complexity index is 465. The fourth-order valence-corrected chi connectivity index (χ4v) is 1.20. The van der Waals surface area contributed by atoms with Crippen LogP contribution in [0.2, 0.25) is 5.28 Å². The molecule has 14 heavy (non-hydrogen) atoms. The second-order valence-electron chi connectivity index (χ2n) is 2.88. The fraction of sp³-hybridized carbons (Fsp3) is 0.125. The molecule has 0 unspecified atom stereocenters. The Hall–Kier alpha value is -1.62. The lowest BCUT2D eigenvalue weighted by molar-refractivity contribution is 0.843. The van der Waals surface area contributed by atoms with Crippen molar-refractivity contribution in [2.24, 2.45) is 0 Å². The summed E-state index contributed by atoms with van der Waals surface area (Å²) in [5.41, 5.74) is 7.16. The molecule has 5 nitrogen and oxygen atoms in total. The van der Waals surface area contributed by atoms with E-state index < -0.39 is 0 Å². The highest BCUT2D eigenvalue weighted by molar-refractivity contribution is 6.28. The average molecular weight is 210 g/mol. The molecular formula is C8H8ClN5. The van der Waals surface area contributed by atoms with Gasteiger partial charge < -0.3 is 5.73 Å². The molecule has 0 aliphatic heterocycles. The quantitative estimate of drug-likeness (QED) is 0.717. The third-order valence-electron chi connectivity index (χ3n) is 1.70. The van der Waals surface area contributed by atoms with Gasteiger partial charge in [-0.05, 0) is 24.1 Å². The Balaban J connectivity index is 2.55. The molecule has 0 spiro atoms. The first-order chi connectivity index (χ1) is 6.66. The Labute approximate surface area is 85.5 Å². The van der Waals surface area contributed by atoms with Crippen LogP contribution in [0.3, 0.4) is 0 Å². The van der Waals surface area contributed by atoms with Crippen LogP contribution in [0.25, 0.3) is 5.82 Å². The van der Waals surface area contributed by atoms with Crippen molar-refractivity contribution in [3.63, 3.8) is 0 Å². The molecule has 2 aromatic rings. The van der Waals surface area contributed by atoms with Gasteiger partial charge in [0.05, 0.1) is 18.1 Å². The van der Waals surface area contributed by atoms with Gasteiger partial charge in [0.25, 0.3) is 0 Å². The zero-order valence-corrected chi connectivity index (χ0v) is 8.23. The summed E-state index contributed by atoms with van der Waals surface area (Å²) in [6.07, 6.45) is 4.99. The molecule has 0 saturated heterocycles. The molecular weight excluding hydrogens is 202 g/mol. The molecule has 72 valence electrons. The van der Waals surface area contributed by atoms with Crippen LogP contribution in [-0.2, 0) is 0 Å². The van der Waals surface area contributed by atoms with Crippen LogP contribution in [0.5, 0.6) is 0 Å². The third kappa shape index (κ3) is 1.54. The Morgan fingerprint density at radius 2 is 2.21 bits per heavy atom. The lowest BCUT2D eigenvalue weighted by Crippen LogP contribution is -2.04. The maximum atomic E-state index is 5.69. The number of hydrogen-bond donors (Lipinski definition) is 1. The van der Waals surface area contributed by atoms with Crippen molar-refractivity contribution in [3.05, 3.63) is 29.4 Å². The van der Waals surface area contributed by atoms with E-state index in [2.05, 4.69) is 15.1 Å². The highest BCUT2D eigenvalue weighted by Gasteiger charge is 2.06. The average Bonchev–Trinajstić information content (AvgIpc) is 2.56. The number of nitrogens with zero attached hydrogens (tertiary/aromatic N) is 4. The largest absolute Gasteiger partial charge is 0.394 e. The van der Waals surface area contributed by atoms with Gasteiger partial charge in [0, 0.05) is 6.20 Å². The Morgan fingerprint density at radius 1 is 1.43 bits per heavy atom. The normalized spacial score (nSPS) is 10.4. The first-order valence-corrected chi connectivity index (χ1v) is 4.34. The fourth-order valence-electron chi connectivity index (χ4n) is 1.07. The second kappa shape index (κ2) is 3.26. The zero-order valence-electron chi connectivity index (χ0n) is 7.48. The third-order valence-corrected chi connectivity index (χ3v) is 1.88. The summed E-state index contributed by atoms with van der Waals surface area (Å²) in [5, 5.41) is 4.23. The topological polar surface area (TPSA) is 69.6 Å². The number of nitrogens with two attached hydrogens (primary N) is 1. The van der Waals surface area contributed by atoms with E-state index in [1.807, 2.05) is 13.1 Å².